The van der Waals surface area contributed by atoms with Gasteiger partial charge in [-0.1, -0.05) is 0 Å². The van der Waals surface area contributed by atoms with Gasteiger partial charge in [-0.2, -0.15) is 0 Å². The van der Waals surface area contributed by atoms with Crippen molar-refractivity contribution in [1.82, 2.24) is 0 Å². The smallest absolute Gasteiger partial charge is 0.309 e. The maximum Gasteiger partial charge on any atom is 0.309 e. The molecule has 0 heterocycles. The van der Waals surface area contributed by atoms with E-state index < -0.39 is 11.4 Å². The molecule has 0 amide bonds. The Hall–Kier alpha value is -1.71. The molecule has 0 aromatic heterocycles. The molecule has 0 spiro atoms. The van der Waals surface area contributed by atoms with Gasteiger partial charge in [-0.15, -0.1) is 0 Å². The van der Waals surface area contributed by atoms with Gasteiger partial charge in [0.25, 0.3) is 0 Å². The van der Waals surface area contributed by atoms with Crippen LogP contribution in [0, 0.1) is 12.3 Å². The van der Waals surface area contributed by atoms with Gasteiger partial charge < -0.3 is 14.6 Å². The summed E-state index contributed by atoms with van der Waals surface area (Å²) < 4.78 is 10.6. The highest BCUT2D eigenvalue weighted by atomic mass is 16.5. The Balaban J connectivity index is 2.97. The third kappa shape index (κ3) is 3.63. The number of benzene rings is 1. The lowest BCUT2D eigenvalue weighted by molar-refractivity contribution is -0.147. The molecule has 4 heteroatoms. The van der Waals surface area contributed by atoms with E-state index in [1.165, 1.54) is 0 Å². The first-order valence-electron chi connectivity index (χ1n) is 6.26. The second-order valence-corrected chi connectivity index (χ2v) is 5.32. The van der Waals surface area contributed by atoms with E-state index in [1.54, 1.807) is 28.1 Å². The largest absolute Gasteiger partial charge is 0.496 e. The molecule has 19 heavy (non-hydrogen) atoms. The van der Waals surface area contributed by atoms with Gasteiger partial charge in [0, 0.05) is 0 Å². The fourth-order valence-corrected chi connectivity index (χ4v) is 1.86. The van der Waals surface area contributed by atoms with Crippen LogP contribution in [0.4, 0.5) is 0 Å². The Morgan fingerprint density at radius 3 is 2.26 bits per heavy atom. The van der Waals surface area contributed by atoms with Crippen LogP contribution in [0.25, 0.3) is 0 Å². The summed E-state index contributed by atoms with van der Waals surface area (Å²) in [5.41, 5.74) is 1.23. The summed E-state index contributed by atoms with van der Waals surface area (Å²) in [6.07, 6.45) is 1.18. The van der Waals surface area contributed by atoms with E-state index in [4.69, 9.17) is 14.6 Å². The van der Waals surface area contributed by atoms with Crippen LogP contribution in [0.5, 0.6) is 11.5 Å². The molecule has 0 radical (unpaired) electrons. The van der Waals surface area contributed by atoms with Gasteiger partial charge >= 0.3 is 5.97 Å². The molecule has 0 fully saturated rings. The Labute approximate surface area is 114 Å². The highest BCUT2D eigenvalue weighted by molar-refractivity contribution is 5.73. The molecule has 1 aromatic carbocycles. The maximum atomic E-state index is 11.1. The number of ether oxygens (including phenoxy) is 2. The van der Waals surface area contributed by atoms with E-state index in [2.05, 4.69) is 0 Å². The van der Waals surface area contributed by atoms with Crippen molar-refractivity contribution in [3.05, 3.63) is 23.3 Å². The van der Waals surface area contributed by atoms with Crippen LogP contribution in [-0.2, 0) is 11.2 Å². The maximum absolute atomic E-state index is 11.1. The van der Waals surface area contributed by atoms with Crippen LogP contribution >= 0.6 is 0 Å². The molecule has 0 aliphatic rings. The first kappa shape index (κ1) is 15.3. The molecule has 0 atom stereocenters. The summed E-state index contributed by atoms with van der Waals surface area (Å²) >= 11 is 0. The summed E-state index contributed by atoms with van der Waals surface area (Å²) in [7, 11) is 3.24. The van der Waals surface area contributed by atoms with Crippen LogP contribution < -0.4 is 9.47 Å². The van der Waals surface area contributed by atoms with Gasteiger partial charge in [0.1, 0.15) is 11.5 Å². The lowest BCUT2D eigenvalue weighted by Crippen LogP contribution is -2.24. The van der Waals surface area contributed by atoms with E-state index in [0.29, 0.717) is 12.8 Å². The molecule has 4 nitrogen and oxygen atoms in total. The lowest BCUT2D eigenvalue weighted by Gasteiger charge is -2.20. The highest BCUT2D eigenvalue weighted by Gasteiger charge is 2.27. The zero-order valence-electron chi connectivity index (χ0n) is 12.2. The minimum absolute atomic E-state index is 0.547. The van der Waals surface area contributed by atoms with Crippen molar-refractivity contribution >= 4 is 5.97 Å². The van der Waals surface area contributed by atoms with Gasteiger partial charge in [0.15, 0.2) is 0 Å². The van der Waals surface area contributed by atoms with Crippen LogP contribution in [0.2, 0.25) is 0 Å². The van der Waals surface area contributed by atoms with Crippen LogP contribution in [0.1, 0.15) is 31.4 Å². The van der Waals surface area contributed by atoms with Gasteiger partial charge in [-0.25, -0.2) is 0 Å². The Morgan fingerprint density at radius 2 is 1.79 bits per heavy atom. The Bertz CT molecular complexity index is 463. The number of methoxy groups -OCH3 is 2. The SMILES string of the molecule is COc1cc(CCC(C)(C)C(=O)O)c(OC)cc1C. The highest BCUT2D eigenvalue weighted by Crippen LogP contribution is 2.31. The topological polar surface area (TPSA) is 55.8 Å². The molecule has 106 valence electrons. The van der Waals surface area contributed by atoms with Crippen molar-refractivity contribution in [1.29, 1.82) is 0 Å². The standard InChI is InChI=1S/C15H22O4/c1-10-8-13(19-5)11(9-12(10)18-4)6-7-15(2,3)14(16)17/h8-9H,6-7H2,1-5H3,(H,16,17). The zero-order valence-corrected chi connectivity index (χ0v) is 12.2. The lowest BCUT2D eigenvalue weighted by atomic mass is 9.86. The van der Waals surface area contributed by atoms with Gasteiger partial charge in [0.05, 0.1) is 19.6 Å². The second-order valence-electron chi connectivity index (χ2n) is 5.32. The van der Waals surface area contributed by atoms with Crippen molar-refractivity contribution in [2.45, 2.75) is 33.6 Å². The molecule has 1 aromatic rings. The summed E-state index contributed by atoms with van der Waals surface area (Å²) in [6.45, 7) is 5.41. The zero-order chi connectivity index (χ0) is 14.6. The molecule has 0 unspecified atom stereocenters. The van der Waals surface area contributed by atoms with E-state index in [-0.39, 0.29) is 0 Å². The fraction of sp³-hybridized carbons (Fsp3) is 0.533. The first-order chi connectivity index (χ1) is 8.81. The molecular formula is C15H22O4. The van der Waals surface area contributed by atoms with Crippen LogP contribution in [0.3, 0.4) is 0 Å². The summed E-state index contributed by atoms with van der Waals surface area (Å²) in [4.78, 5) is 11.1. The monoisotopic (exact) mass is 266 g/mol. The number of hydrogen-bond acceptors (Lipinski definition) is 3. The predicted octanol–water partition coefficient (Wildman–Crippen LogP) is 3.06. The Morgan fingerprint density at radius 1 is 1.21 bits per heavy atom. The molecule has 0 bridgehead atoms. The van der Waals surface area contributed by atoms with Gasteiger partial charge in [0.2, 0.25) is 0 Å². The summed E-state index contributed by atoms with van der Waals surface area (Å²) in [5, 5.41) is 9.13. The molecular weight excluding hydrogens is 244 g/mol. The van der Waals surface area contributed by atoms with Crippen molar-refractivity contribution in [3.8, 4) is 11.5 Å². The first-order valence-corrected chi connectivity index (χ1v) is 6.26. The summed E-state index contributed by atoms with van der Waals surface area (Å²) in [5.74, 6) is 0.786. The van der Waals surface area contributed by atoms with Crippen molar-refractivity contribution in [2.24, 2.45) is 5.41 Å². The number of carbonyl (C=O) groups is 1. The number of carboxylic acid groups (broad SMARTS) is 1. The number of hydrogen-bond donors (Lipinski definition) is 1. The van der Waals surface area contributed by atoms with Crippen LogP contribution in [-0.4, -0.2) is 25.3 Å². The van der Waals surface area contributed by atoms with Crippen LogP contribution in [0.15, 0.2) is 12.1 Å². The van der Waals surface area contributed by atoms with E-state index in [1.807, 2.05) is 19.1 Å². The minimum Gasteiger partial charge on any atom is -0.496 e. The molecule has 0 saturated carbocycles. The summed E-state index contributed by atoms with van der Waals surface area (Å²) in [6, 6.07) is 3.84. The van der Waals surface area contributed by atoms with E-state index in [0.717, 1.165) is 22.6 Å². The number of aliphatic carboxylic acids is 1. The van der Waals surface area contributed by atoms with E-state index >= 15 is 0 Å². The number of rotatable bonds is 6. The van der Waals surface area contributed by atoms with E-state index in [9.17, 15) is 4.79 Å². The molecule has 1 rings (SSSR count). The van der Waals surface area contributed by atoms with Gasteiger partial charge in [-0.05, 0) is 56.9 Å². The molecule has 0 saturated heterocycles. The van der Waals surface area contributed by atoms with Crippen molar-refractivity contribution in [2.75, 3.05) is 14.2 Å². The number of carboxylic acids is 1. The Kier molecular flexibility index (Phi) is 4.81. The number of aryl methyl sites for hydroxylation is 2. The average molecular weight is 266 g/mol. The molecule has 0 aliphatic carbocycles. The average Bonchev–Trinajstić information content (AvgIpc) is 2.36. The quantitative estimate of drug-likeness (QED) is 0.859. The van der Waals surface area contributed by atoms with Gasteiger partial charge in [-0.3, -0.25) is 4.79 Å². The fourth-order valence-electron chi connectivity index (χ4n) is 1.86. The van der Waals surface area contributed by atoms with Crippen molar-refractivity contribution in [3.63, 3.8) is 0 Å². The minimum atomic E-state index is -0.787. The normalized spacial score (nSPS) is 11.2. The third-order valence-corrected chi connectivity index (χ3v) is 3.40. The predicted molar refractivity (Wildman–Crippen MR) is 74.0 cm³/mol. The third-order valence-electron chi connectivity index (χ3n) is 3.40. The molecule has 1 N–H and O–H groups in total. The van der Waals surface area contributed by atoms with Crippen molar-refractivity contribution < 1.29 is 19.4 Å². The second kappa shape index (κ2) is 5.95. The molecule has 0 aliphatic heterocycles.